The van der Waals surface area contributed by atoms with Gasteiger partial charge in [0.2, 0.25) is 0 Å². The number of carbonyl (C=O) groups is 2. The van der Waals surface area contributed by atoms with E-state index in [1.165, 1.54) is 24.3 Å². The number of carbonyl (C=O) groups excluding carboxylic acids is 2. The number of benzene rings is 1. The van der Waals surface area contributed by atoms with Gasteiger partial charge in [0.05, 0.1) is 6.54 Å². The van der Waals surface area contributed by atoms with Crippen LogP contribution < -0.4 is 0 Å². The van der Waals surface area contributed by atoms with Crippen LogP contribution in [0.4, 0.5) is 0 Å². The van der Waals surface area contributed by atoms with E-state index in [0.717, 1.165) is 12.1 Å². The smallest absolute Gasteiger partial charge is 0.252 e. The van der Waals surface area contributed by atoms with E-state index in [4.69, 9.17) is 23.2 Å². The largest absolute Gasteiger partial charge is 0.288 e. The second-order valence-corrected chi connectivity index (χ2v) is 4.32. The molecular weight excluding hydrogens is 285 g/mol. The van der Waals surface area contributed by atoms with Crippen molar-refractivity contribution >= 4 is 39.9 Å². The molecule has 2 rings (SSSR count). The minimum atomic E-state index is -0.552. The second kappa shape index (κ2) is 7.67. The number of nitrogens with zero attached hydrogens (tertiary/aromatic N) is 1. The van der Waals surface area contributed by atoms with E-state index >= 15 is 0 Å². The summed E-state index contributed by atoms with van der Waals surface area (Å²) < 4.78 is 0. The number of hydrogen-bond acceptors (Lipinski definition) is 3. The van der Waals surface area contributed by atoms with Crippen LogP contribution in [0.3, 0.4) is 0 Å². The molecule has 5 heteroatoms. The minimum Gasteiger partial charge on any atom is -0.288 e. The van der Waals surface area contributed by atoms with Gasteiger partial charge in [-0.05, 0) is 59.1 Å². The first-order valence-electron chi connectivity index (χ1n) is 5.34. The summed E-state index contributed by atoms with van der Waals surface area (Å²) >= 11 is 10.4. The Morgan fingerprint density at radius 1 is 1.05 bits per heavy atom. The average molecular weight is 296 g/mol. The summed E-state index contributed by atoms with van der Waals surface area (Å²) in [6.45, 7) is 4.49. The van der Waals surface area contributed by atoms with Crippen molar-refractivity contribution in [3.05, 3.63) is 59.7 Å². The van der Waals surface area contributed by atoms with E-state index < -0.39 is 10.5 Å². The zero-order chi connectivity index (χ0) is 14.3. The van der Waals surface area contributed by atoms with Gasteiger partial charge in [-0.1, -0.05) is 12.7 Å². The highest BCUT2D eigenvalue weighted by Crippen LogP contribution is 2.08. The predicted octanol–water partition coefficient (Wildman–Crippen LogP) is 3.63. The highest BCUT2D eigenvalue weighted by Gasteiger charge is 2.03. The Morgan fingerprint density at radius 3 is 1.74 bits per heavy atom. The molecule has 0 N–H and O–H groups in total. The summed E-state index contributed by atoms with van der Waals surface area (Å²) in [5.41, 5.74) is 1.78. The van der Waals surface area contributed by atoms with Crippen LogP contribution in [-0.2, 0) is 0 Å². The maximum absolute atomic E-state index is 10.6. The van der Waals surface area contributed by atoms with Crippen LogP contribution in [0.15, 0.2) is 53.6 Å². The number of allylic oxidation sites excluding steroid dienone is 1. The zero-order valence-corrected chi connectivity index (χ0v) is 11.5. The molecule has 0 fully saturated rings. The van der Waals surface area contributed by atoms with Crippen LogP contribution in [0.5, 0.6) is 0 Å². The first kappa shape index (κ1) is 15.3. The lowest BCUT2D eigenvalue weighted by molar-refractivity contribution is 0.107. The Hall–Kier alpha value is -1.71. The fourth-order valence-corrected chi connectivity index (χ4v) is 1.45. The monoisotopic (exact) mass is 295 g/mol. The Morgan fingerprint density at radius 2 is 1.53 bits per heavy atom. The molecule has 1 aromatic rings. The third kappa shape index (κ3) is 5.64. The summed E-state index contributed by atoms with van der Waals surface area (Å²) in [4.78, 5) is 25.1. The normalized spacial score (nSPS) is 12.6. The predicted molar refractivity (Wildman–Crippen MR) is 78.4 cm³/mol. The van der Waals surface area contributed by atoms with Gasteiger partial charge in [0, 0.05) is 17.3 Å². The van der Waals surface area contributed by atoms with Crippen molar-refractivity contribution in [3.8, 4) is 0 Å². The minimum absolute atomic E-state index is 0.346. The molecule has 98 valence electrons. The van der Waals surface area contributed by atoms with Crippen molar-refractivity contribution in [1.29, 1.82) is 0 Å². The van der Waals surface area contributed by atoms with Crippen LogP contribution in [0, 0.1) is 0 Å². The molecule has 0 aliphatic carbocycles. The van der Waals surface area contributed by atoms with Crippen LogP contribution in [0.2, 0.25) is 0 Å². The molecule has 1 aliphatic rings. The molecule has 19 heavy (non-hydrogen) atoms. The van der Waals surface area contributed by atoms with Crippen molar-refractivity contribution in [2.45, 2.75) is 0 Å². The molecule has 0 saturated heterocycles. The van der Waals surface area contributed by atoms with Crippen LogP contribution in [0.25, 0.3) is 0 Å². The van der Waals surface area contributed by atoms with Crippen molar-refractivity contribution in [2.24, 2.45) is 4.99 Å². The van der Waals surface area contributed by atoms with Gasteiger partial charge in [0.1, 0.15) is 0 Å². The second-order valence-electron chi connectivity index (χ2n) is 3.63. The first-order valence-corrected chi connectivity index (χ1v) is 6.10. The lowest BCUT2D eigenvalue weighted by atomic mass is 10.2. The summed E-state index contributed by atoms with van der Waals surface area (Å²) in [7, 11) is 0. The Kier molecular flexibility index (Phi) is 6.19. The van der Waals surface area contributed by atoms with Gasteiger partial charge in [-0.3, -0.25) is 14.6 Å². The van der Waals surface area contributed by atoms with Gasteiger partial charge in [-0.2, -0.15) is 0 Å². The molecule has 0 amide bonds. The van der Waals surface area contributed by atoms with E-state index in [1.54, 1.807) is 6.21 Å². The van der Waals surface area contributed by atoms with Gasteiger partial charge in [-0.15, -0.1) is 0 Å². The highest BCUT2D eigenvalue weighted by atomic mass is 35.5. The first-order chi connectivity index (χ1) is 9.00. The molecule has 0 spiro atoms. The molecule has 0 saturated carbocycles. The zero-order valence-electron chi connectivity index (χ0n) is 9.98. The third-order valence-electron chi connectivity index (χ3n) is 2.16. The Bertz CT molecular complexity index is 512. The van der Waals surface area contributed by atoms with Crippen LogP contribution >= 0.6 is 23.2 Å². The van der Waals surface area contributed by atoms with E-state index in [9.17, 15) is 9.59 Å². The molecule has 0 atom stereocenters. The fraction of sp³-hybridized carbons (Fsp3) is 0.0714. The van der Waals surface area contributed by atoms with E-state index in [2.05, 4.69) is 11.6 Å². The van der Waals surface area contributed by atoms with Crippen molar-refractivity contribution in [1.82, 2.24) is 0 Å². The summed E-state index contributed by atoms with van der Waals surface area (Å²) in [6.07, 6.45) is 5.65. The van der Waals surface area contributed by atoms with Gasteiger partial charge in [0.25, 0.3) is 10.5 Å². The lowest BCUT2D eigenvalue weighted by Crippen LogP contribution is -1.92. The highest BCUT2D eigenvalue weighted by molar-refractivity contribution is 6.68. The third-order valence-corrected chi connectivity index (χ3v) is 2.59. The van der Waals surface area contributed by atoms with Gasteiger partial charge in [0.15, 0.2) is 0 Å². The van der Waals surface area contributed by atoms with Gasteiger partial charge < -0.3 is 0 Å². The number of rotatable bonds is 2. The van der Waals surface area contributed by atoms with Crippen LogP contribution in [-0.4, -0.2) is 23.2 Å². The lowest BCUT2D eigenvalue weighted by Gasteiger charge is -1.94. The molecular formula is C14H11Cl2NO2. The Labute approximate surface area is 121 Å². The molecule has 0 radical (unpaired) electrons. The summed E-state index contributed by atoms with van der Waals surface area (Å²) in [5, 5.41) is -1.10. The van der Waals surface area contributed by atoms with E-state index in [0.29, 0.717) is 11.1 Å². The molecule has 0 aromatic heterocycles. The average Bonchev–Trinajstić information content (AvgIpc) is 2.40. The fourth-order valence-electron chi connectivity index (χ4n) is 1.19. The molecule has 1 aliphatic heterocycles. The van der Waals surface area contributed by atoms with Gasteiger partial charge in [-0.25, -0.2) is 0 Å². The molecule has 1 aromatic carbocycles. The number of dihydropyridines is 1. The number of hydrogen-bond donors (Lipinski definition) is 0. The van der Waals surface area contributed by atoms with Gasteiger partial charge >= 0.3 is 0 Å². The number of halogens is 2. The SMILES string of the molecule is C=C1C=CC=NC1.O=C(Cl)c1ccc(C(=O)Cl)cc1. The topological polar surface area (TPSA) is 46.5 Å². The van der Waals surface area contributed by atoms with E-state index in [-0.39, 0.29) is 0 Å². The summed E-state index contributed by atoms with van der Waals surface area (Å²) in [6, 6.07) is 5.80. The maximum atomic E-state index is 10.6. The molecule has 0 bridgehead atoms. The van der Waals surface area contributed by atoms with Crippen molar-refractivity contribution in [3.63, 3.8) is 0 Å². The Balaban J connectivity index is 0.000000218. The molecule has 0 unspecified atom stereocenters. The standard InChI is InChI=1S/C8H4Cl2O2.C6H7N/c9-7(11)5-1-2-6(4-3-5)8(10)12;1-6-3-2-4-7-5-6/h1-4H;2-4H,1,5H2. The van der Waals surface area contributed by atoms with Crippen molar-refractivity contribution < 1.29 is 9.59 Å². The maximum Gasteiger partial charge on any atom is 0.252 e. The van der Waals surface area contributed by atoms with Crippen LogP contribution in [0.1, 0.15) is 20.7 Å². The summed E-state index contributed by atoms with van der Waals surface area (Å²) in [5.74, 6) is 0. The molecule has 3 nitrogen and oxygen atoms in total. The quantitative estimate of drug-likeness (QED) is 0.782. The van der Waals surface area contributed by atoms with E-state index in [1.807, 2.05) is 12.2 Å². The van der Waals surface area contributed by atoms with Crippen molar-refractivity contribution in [2.75, 3.05) is 6.54 Å². The molecule has 1 heterocycles. The number of aliphatic imine (C=N–C) groups is 1.